The largest absolute Gasteiger partial charge is 0.468 e. The number of esters is 1. The van der Waals surface area contributed by atoms with Crippen molar-refractivity contribution in [3.63, 3.8) is 0 Å². The van der Waals surface area contributed by atoms with Crippen molar-refractivity contribution in [2.75, 3.05) is 7.11 Å². The van der Waals surface area contributed by atoms with E-state index in [1.165, 1.54) is 25.4 Å². The Morgan fingerprint density at radius 1 is 1.07 bits per heavy atom. The molecular weight excluding hydrogens is 589 g/mol. The molecule has 3 unspecified atom stereocenters. The molecule has 0 radical (unpaired) electrons. The highest BCUT2D eigenvalue weighted by molar-refractivity contribution is 7.90. The summed E-state index contributed by atoms with van der Waals surface area (Å²) in [5, 5.41) is 12.5. The summed E-state index contributed by atoms with van der Waals surface area (Å²) in [6.45, 7) is 12.3. The summed E-state index contributed by atoms with van der Waals surface area (Å²) < 4.78 is 47.0. The van der Waals surface area contributed by atoms with Crippen LogP contribution in [0.4, 0.5) is 0 Å². The Morgan fingerprint density at radius 3 is 2.26 bits per heavy atom. The number of nitrogens with zero attached hydrogens (tertiary/aromatic N) is 2. The lowest BCUT2D eigenvalue weighted by atomic mass is 9.79. The molecule has 0 saturated heterocycles. The molecule has 1 aromatic heterocycles. The average Bonchev–Trinajstić information content (AvgIpc) is 3.33. The van der Waals surface area contributed by atoms with Gasteiger partial charge in [0, 0.05) is 28.8 Å². The third-order valence-electron chi connectivity index (χ3n) is 8.60. The van der Waals surface area contributed by atoms with Gasteiger partial charge in [0.1, 0.15) is 6.10 Å². The molecule has 3 atom stereocenters. The highest BCUT2D eigenvalue weighted by Crippen LogP contribution is 2.43. The molecule has 0 aliphatic heterocycles. The van der Waals surface area contributed by atoms with Gasteiger partial charge >= 0.3 is 5.97 Å². The lowest BCUT2D eigenvalue weighted by Gasteiger charge is -2.36. The molecule has 2 aromatic carbocycles. The van der Waals surface area contributed by atoms with Crippen LogP contribution in [0.2, 0.25) is 18.1 Å². The van der Waals surface area contributed by atoms with Crippen molar-refractivity contribution in [2.24, 2.45) is 0 Å². The minimum absolute atomic E-state index is 0.0112. The first-order valence-corrected chi connectivity index (χ1v) is 18.5. The Kier molecular flexibility index (Phi) is 9.36. The van der Waals surface area contributed by atoms with E-state index >= 15 is 0 Å². The van der Waals surface area contributed by atoms with Crippen LogP contribution in [-0.2, 0) is 48.4 Å². The SMILES string of the molecule is COC(=O)C1c2c(CO[Si](C)(C)C(C)(C)C)cn(S(=O)(=O)c3ccc(C)cc3)c2CC(OCc2ccccc2)C1[N+](=O)[O-]. The molecule has 12 heteroatoms. The Morgan fingerprint density at radius 2 is 1.70 bits per heavy atom. The number of aromatic nitrogens is 1. The maximum atomic E-state index is 14.1. The molecular formula is C31H40N2O8SSi. The van der Waals surface area contributed by atoms with Crippen LogP contribution in [0.15, 0.2) is 65.7 Å². The minimum Gasteiger partial charge on any atom is -0.468 e. The molecule has 0 amide bonds. The van der Waals surface area contributed by atoms with Gasteiger partial charge in [-0.1, -0.05) is 68.8 Å². The lowest BCUT2D eigenvalue weighted by Crippen LogP contribution is -2.49. The van der Waals surface area contributed by atoms with E-state index < -0.39 is 47.3 Å². The van der Waals surface area contributed by atoms with Gasteiger partial charge in [0.15, 0.2) is 14.2 Å². The van der Waals surface area contributed by atoms with E-state index in [4.69, 9.17) is 13.9 Å². The average molecular weight is 629 g/mol. The van der Waals surface area contributed by atoms with Crippen molar-refractivity contribution in [1.29, 1.82) is 0 Å². The Labute approximate surface area is 254 Å². The van der Waals surface area contributed by atoms with E-state index in [0.717, 1.165) is 15.1 Å². The number of fused-ring (bicyclic) bond motifs is 1. The molecule has 1 aliphatic carbocycles. The van der Waals surface area contributed by atoms with Crippen LogP contribution in [0.3, 0.4) is 0 Å². The van der Waals surface area contributed by atoms with Gasteiger partial charge < -0.3 is 13.9 Å². The van der Waals surface area contributed by atoms with Crippen LogP contribution >= 0.6 is 0 Å². The van der Waals surface area contributed by atoms with Crippen LogP contribution < -0.4 is 0 Å². The fraction of sp³-hybridized carbons (Fsp3) is 0.452. The van der Waals surface area contributed by atoms with Crippen molar-refractivity contribution < 1.29 is 32.0 Å². The molecule has 10 nitrogen and oxygen atoms in total. The summed E-state index contributed by atoms with van der Waals surface area (Å²) in [5.74, 6) is -2.24. The first-order chi connectivity index (χ1) is 20.1. The molecule has 1 heterocycles. The zero-order chi connectivity index (χ0) is 31.7. The van der Waals surface area contributed by atoms with Crippen LogP contribution in [0.25, 0.3) is 0 Å². The third-order valence-corrected chi connectivity index (χ3v) is 14.8. The smallest absolute Gasteiger partial charge is 0.320 e. The number of carbonyl (C=O) groups is 1. The topological polar surface area (TPSA) is 127 Å². The predicted octanol–water partition coefficient (Wildman–Crippen LogP) is 5.60. The first kappa shape index (κ1) is 32.6. The molecule has 0 fully saturated rings. The normalized spacial score (nSPS) is 19.1. The number of hydrogen-bond donors (Lipinski definition) is 0. The Bertz CT molecular complexity index is 1580. The molecule has 43 heavy (non-hydrogen) atoms. The van der Waals surface area contributed by atoms with Crippen LogP contribution in [0, 0.1) is 17.0 Å². The second-order valence-electron chi connectivity index (χ2n) is 12.5. The standard InChI is InChI=1S/C31H40N2O8SSi/c1-21-13-15-24(16-14-21)42(37,38)32-18-23(20-41-43(6,7)31(2,3)4)27-25(32)17-26(40-19-22-11-9-8-10-12-22)29(33(35)36)28(27)30(34)39-5/h8-16,18,26,28-29H,17,19-20H2,1-7H3. The second kappa shape index (κ2) is 12.3. The lowest BCUT2D eigenvalue weighted by molar-refractivity contribution is -0.539. The maximum absolute atomic E-state index is 14.1. The van der Waals surface area contributed by atoms with E-state index in [2.05, 4.69) is 33.9 Å². The number of nitro groups is 1. The predicted molar refractivity (Wildman–Crippen MR) is 164 cm³/mol. The molecule has 4 rings (SSSR count). The van der Waals surface area contributed by atoms with E-state index in [1.807, 2.05) is 37.3 Å². The van der Waals surface area contributed by atoms with Gasteiger partial charge in [-0.3, -0.25) is 14.9 Å². The molecule has 232 valence electrons. The fourth-order valence-corrected chi connectivity index (χ4v) is 7.46. The van der Waals surface area contributed by atoms with Crippen molar-refractivity contribution >= 4 is 24.3 Å². The van der Waals surface area contributed by atoms with Crippen molar-refractivity contribution in [3.05, 3.63) is 98.9 Å². The third kappa shape index (κ3) is 6.62. The van der Waals surface area contributed by atoms with E-state index in [0.29, 0.717) is 5.56 Å². The number of benzene rings is 2. The molecule has 0 N–H and O–H groups in total. The maximum Gasteiger partial charge on any atom is 0.320 e. The Balaban J connectivity index is 1.90. The van der Waals surface area contributed by atoms with E-state index in [1.54, 1.807) is 12.1 Å². The van der Waals surface area contributed by atoms with Crippen molar-refractivity contribution in [3.8, 4) is 0 Å². The number of methoxy groups -OCH3 is 1. The van der Waals surface area contributed by atoms with Gasteiger partial charge in [-0.15, -0.1) is 0 Å². The van der Waals surface area contributed by atoms with E-state index in [9.17, 15) is 23.3 Å². The van der Waals surface area contributed by atoms with Crippen molar-refractivity contribution in [1.82, 2.24) is 3.97 Å². The molecule has 1 aliphatic rings. The van der Waals surface area contributed by atoms with Gasteiger partial charge in [0.2, 0.25) is 0 Å². The highest BCUT2D eigenvalue weighted by atomic mass is 32.2. The summed E-state index contributed by atoms with van der Waals surface area (Å²) in [6, 6.07) is 14.1. The van der Waals surface area contributed by atoms with E-state index in [-0.39, 0.29) is 40.8 Å². The molecule has 0 saturated carbocycles. The minimum atomic E-state index is -4.15. The monoisotopic (exact) mass is 628 g/mol. The van der Waals surface area contributed by atoms with Gasteiger partial charge in [0.05, 0.1) is 25.2 Å². The molecule has 3 aromatic rings. The second-order valence-corrected chi connectivity index (χ2v) is 19.1. The summed E-state index contributed by atoms with van der Waals surface area (Å²) >= 11 is 0. The zero-order valence-corrected chi connectivity index (χ0v) is 27.5. The number of carbonyl (C=O) groups excluding carboxylic acids is 1. The molecule has 0 spiro atoms. The van der Waals surface area contributed by atoms with Gasteiger partial charge in [-0.05, 0) is 48.3 Å². The summed E-state index contributed by atoms with van der Waals surface area (Å²) in [7, 11) is -5.32. The van der Waals surface area contributed by atoms with Crippen molar-refractivity contribution in [2.45, 2.75) is 88.4 Å². The highest BCUT2D eigenvalue weighted by Gasteiger charge is 2.53. The summed E-state index contributed by atoms with van der Waals surface area (Å²) in [5.41, 5.74) is 2.59. The van der Waals surface area contributed by atoms with Crippen LogP contribution in [-0.4, -0.2) is 50.9 Å². The van der Waals surface area contributed by atoms with Crippen LogP contribution in [0.5, 0.6) is 0 Å². The number of rotatable bonds is 10. The first-order valence-electron chi connectivity index (χ1n) is 14.1. The Hall–Kier alpha value is -3.32. The quantitative estimate of drug-likeness (QED) is 0.123. The number of ether oxygens (including phenoxy) is 2. The van der Waals surface area contributed by atoms with Crippen LogP contribution in [0.1, 0.15) is 54.6 Å². The summed E-state index contributed by atoms with van der Waals surface area (Å²) in [4.78, 5) is 25.5. The van der Waals surface area contributed by atoms with Gasteiger partial charge in [0.25, 0.3) is 16.1 Å². The zero-order valence-electron chi connectivity index (χ0n) is 25.7. The summed E-state index contributed by atoms with van der Waals surface area (Å²) in [6.07, 6.45) is 0.231. The number of hydrogen-bond acceptors (Lipinski definition) is 8. The fourth-order valence-electron chi connectivity index (χ4n) is 5.07. The molecule has 0 bridgehead atoms. The van der Waals surface area contributed by atoms with Gasteiger partial charge in [-0.25, -0.2) is 12.4 Å². The van der Waals surface area contributed by atoms with Gasteiger partial charge in [-0.2, -0.15) is 0 Å². The number of aryl methyl sites for hydroxylation is 1.